The molecule has 2 rings (SSSR count). The third-order valence-electron chi connectivity index (χ3n) is 4.93. The molecule has 0 spiro atoms. The second-order valence-corrected chi connectivity index (χ2v) is 6.68. The number of hydrogen-bond acceptors (Lipinski definition) is 4. The zero-order valence-electron chi connectivity index (χ0n) is 13.6. The molecular formula is C16H33N3O. The van der Waals surface area contributed by atoms with Crippen molar-refractivity contribution >= 4 is 0 Å². The minimum Gasteiger partial charge on any atom is -0.380 e. The Hall–Kier alpha value is -0.160. The molecule has 0 aromatic rings. The highest BCUT2D eigenvalue weighted by Gasteiger charge is 2.30. The largest absolute Gasteiger partial charge is 0.380 e. The first-order valence-corrected chi connectivity index (χ1v) is 8.40. The van der Waals surface area contributed by atoms with Crippen LogP contribution < -0.4 is 5.32 Å². The van der Waals surface area contributed by atoms with Gasteiger partial charge in [-0.25, -0.2) is 0 Å². The van der Waals surface area contributed by atoms with Gasteiger partial charge in [0.15, 0.2) is 0 Å². The van der Waals surface area contributed by atoms with Crippen LogP contribution in [0, 0.1) is 5.92 Å². The maximum atomic E-state index is 5.73. The highest BCUT2D eigenvalue weighted by molar-refractivity contribution is 4.87. The molecule has 2 aliphatic rings. The van der Waals surface area contributed by atoms with Crippen LogP contribution in [0.2, 0.25) is 0 Å². The number of likely N-dealkylation sites (tertiary alicyclic amines) is 1. The summed E-state index contributed by atoms with van der Waals surface area (Å²) in [5.74, 6) is 0.866. The fourth-order valence-corrected chi connectivity index (χ4v) is 3.51. The number of hydrogen-bond donors (Lipinski definition) is 1. The maximum Gasteiger partial charge on any atom is 0.0636 e. The molecule has 2 unspecified atom stereocenters. The third-order valence-corrected chi connectivity index (χ3v) is 4.93. The lowest BCUT2D eigenvalue weighted by atomic mass is 9.94. The van der Waals surface area contributed by atoms with Gasteiger partial charge in [0.05, 0.1) is 6.61 Å². The molecule has 0 bridgehead atoms. The first kappa shape index (κ1) is 16.2. The van der Waals surface area contributed by atoms with E-state index in [1.807, 2.05) is 0 Å². The normalized spacial score (nSPS) is 30.0. The van der Waals surface area contributed by atoms with Crippen LogP contribution in [0.3, 0.4) is 0 Å². The van der Waals surface area contributed by atoms with Crippen molar-refractivity contribution in [3.8, 4) is 0 Å². The molecule has 0 amide bonds. The summed E-state index contributed by atoms with van der Waals surface area (Å²) in [5, 5.41) is 3.72. The van der Waals surface area contributed by atoms with Gasteiger partial charge in [-0.15, -0.1) is 0 Å². The van der Waals surface area contributed by atoms with Crippen LogP contribution in [0.4, 0.5) is 0 Å². The summed E-state index contributed by atoms with van der Waals surface area (Å²) >= 11 is 0. The second-order valence-electron chi connectivity index (χ2n) is 6.68. The van der Waals surface area contributed by atoms with Crippen molar-refractivity contribution in [1.82, 2.24) is 15.1 Å². The number of piperidine rings is 1. The van der Waals surface area contributed by atoms with E-state index < -0.39 is 0 Å². The summed E-state index contributed by atoms with van der Waals surface area (Å²) in [7, 11) is 4.53. The van der Waals surface area contributed by atoms with Crippen molar-refractivity contribution in [2.75, 3.05) is 53.5 Å². The first-order valence-electron chi connectivity index (χ1n) is 8.40. The molecule has 118 valence electrons. The van der Waals surface area contributed by atoms with Crippen LogP contribution in [0.25, 0.3) is 0 Å². The van der Waals surface area contributed by atoms with Crippen LogP contribution in [0.5, 0.6) is 0 Å². The van der Waals surface area contributed by atoms with Crippen LogP contribution in [-0.2, 0) is 4.74 Å². The molecule has 0 radical (unpaired) electrons. The van der Waals surface area contributed by atoms with E-state index in [-0.39, 0.29) is 0 Å². The Balaban J connectivity index is 1.80. The molecule has 0 aromatic carbocycles. The monoisotopic (exact) mass is 283 g/mol. The topological polar surface area (TPSA) is 27.7 Å². The molecule has 2 saturated heterocycles. The minimum absolute atomic E-state index is 0.551. The average Bonchev–Trinajstić information content (AvgIpc) is 2.47. The van der Waals surface area contributed by atoms with Gasteiger partial charge in [-0.3, -0.25) is 4.90 Å². The van der Waals surface area contributed by atoms with Crippen molar-refractivity contribution in [2.45, 2.75) is 44.7 Å². The number of rotatable bonds is 6. The number of nitrogens with one attached hydrogen (secondary N) is 1. The molecule has 2 aliphatic heterocycles. The zero-order valence-corrected chi connectivity index (χ0v) is 13.6. The minimum atomic E-state index is 0.551. The Morgan fingerprint density at radius 1 is 1.25 bits per heavy atom. The Kier molecular flexibility index (Phi) is 6.75. The average molecular weight is 283 g/mol. The highest BCUT2D eigenvalue weighted by atomic mass is 16.5. The molecular weight excluding hydrogens is 250 g/mol. The Morgan fingerprint density at radius 2 is 2.00 bits per heavy atom. The summed E-state index contributed by atoms with van der Waals surface area (Å²) in [6.07, 6.45) is 5.06. The molecule has 1 N–H and O–H groups in total. The first-order chi connectivity index (χ1) is 9.70. The Bertz CT molecular complexity index is 266. The quantitative estimate of drug-likeness (QED) is 0.798. The summed E-state index contributed by atoms with van der Waals surface area (Å²) in [5.41, 5.74) is 0. The van der Waals surface area contributed by atoms with Gasteiger partial charge in [0, 0.05) is 25.2 Å². The van der Waals surface area contributed by atoms with Crippen LogP contribution in [-0.4, -0.2) is 75.4 Å². The summed E-state index contributed by atoms with van der Waals surface area (Å²) in [6, 6.07) is 1.16. The smallest absolute Gasteiger partial charge is 0.0636 e. The molecule has 0 saturated carbocycles. The predicted octanol–water partition coefficient (Wildman–Crippen LogP) is 1.42. The highest BCUT2D eigenvalue weighted by Crippen LogP contribution is 2.20. The lowest BCUT2D eigenvalue weighted by Crippen LogP contribution is -2.55. The predicted molar refractivity (Wildman–Crippen MR) is 84.2 cm³/mol. The van der Waals surface area contributed by atoms with Crippen molar-refractivity contribution < 1.29 is 4.74 Å². The summed E-state index contributed by atoms with van der Waals surface area (Å²) < 4.78 is 5.73. The van der Waals surface area contributed by atoms with Crippen LogP contribution in [0.1, 0.15) is 32.6 Å². The molecule has 4 nitrogen and oxygen atoms in total. The van der Waals surface area contributed by atoms with E-state index in [1.165, 1.54) is 38.9 Å². The molecule has 2 atom stereocenters. The summed E-state index contributed by atoms with van der Waals surface area (Å²) in [4.78, 5) is 5.01. The molecule has 20 heavy (non-hydrogen) atoms. The van der Waals surface area contributed by atoms with E-state index in [9.17, 15) is 0 Å². The van der Waals surface area contributed by atoms with E-state index in [1.54, 1.807) is 0 Å². The van der Waals surface area contributed by atoms with Crippen molar-refractivity contribution in [2.24, 2.45) is 5.92 Å². The Morgan fingerprint density at radius 3 is 2.70 bits per heavy atom. The van der Waals surface area contributed by atoms with E-state index in [0.29, 0.717) is 12.1 Å². The van der Waals surface area contributed by atoms with E-state index in [4.69, 9.17) is 4.74 Å². The summed E-state index contributed by atoms with van der Waals surface area (Å²) in [6.45, 7) is 8.93. The van der Waals surface area contributed by atoms with E-state index in [2.05, 4.69) is 36.1 Å². The third kappa shape index (κ3) is 4.69. The molecule has 0 aliphatic carbocycles. The number of likely N-dealkylation sites (N-methyl/N-ethyl adjacent to an activating group) is 1. The SMILES string of the molecule is CCCNC1CCOCC1N(C)CC1CCN(C)CC1. The zero-order chi connectivity index (χ0) is 14.4. The van der Waals surface area contributed by atoms with Gasteiger partial charge in [0.25, 0.3) is 0 Å². The van der Waals surface area contributed by atoms with Crippen molar-refractivity contribution in [3.63, 3.8) is 0 Å². The van der Waals surface area contributed by atoms with Crippen LogP contribution >= 0.6 is 0 Å². The fourth-order valence-electron chi connectivity index (χ4n) is 3.51. The standard InChI is InChI=1S/C16H33N3O/c1-4-8-17-15-7-11-20-13-16(15)19(3)12-14-5-9-18(2)10-6-14/h14-17H,4-13H2,1-3H3. The maximum absolute atomic E-state index is 5.73. The number of ether oxygens (including phenoxy) is 1. The van der Waals surface area contributed by atoms with Gasteiger partial charge >= 0.3 is 0 Å². The lowest BCUT2D eigenvalue weighted by Gasteiger charge is -2.40. The van der Waals surface area contributed by atoms with Gasteiger partial charge in [-0.05, 0) is 65.3 Å². The van der Waals surface area contributed by atoms with Crippen molar-refractivity contribution in [3.05, 3.63) is 0 Å². The van der Waals surface area contributed by atoms with Crippen molar-refractivity contribution in [1.29, 1.82) is 0 Å². The molecule has 2 heterocycles. The van der Waals surface area contributed by atoms with Gasteiger partial charge in [-0.2, -0.15) is 0 Å². The molecule has 0 aromatic heterocycles. The molecule has 2 fully saturated rings. The lowest BCUT2D eigenvalue weighted by molar-refractivity contribution is -0.00141. The van der Waals surface area contributed by atoms with E-state index in [0.717, 1.165) is 32.1 Å². The fraction of sp³-hybridized carbons (Fsp3) is 1.00. The van der Waals surface area contributed by atoms with E-state index >= 15 is 0 Å². The van der Waals surface area contributed by atoms with Gasteiger partial charge in [0.1, 0.15) is 0 Å². The van der Waals surface area contributed by atoms with Gasteiger partial charge < -0.3 is 15.0 Å². The Labute approximate surface area is 124 Å². The molecule has 4 heteroatoms. The van der Waals surface area contributed by atoms with Crippen LogP contribution in [0.15, 0.2) is 0 Å². The van der Waals surface area contributed by atoms with Gasteiger partial charge in [-0.1, -0.05) is 6.92 Å². The van der Waals surface area contributed by atoms with Gasteiger partial charge in [0.2, 0.25) is 0 Å². The second kappa shape index (κ2) is 8.32. The number of nitrogens with zero attached hydrogens (tertiary/aromatic N) is 2.